The molecule has 0 aliphatic carbocycles. The Morgan fingerprint density at radius 1 is 1.00 bits per heavy atom. The Labute approximate surface area is 184 Å². The minimum atomic E-state index is -0.316. The maximum Gasteiger partial charge on any atom is 0.267 e. The van der Waals surface area contributed by atoms with Crippen LogP contribution in [0.2, 0.25) is 0 Å². The number of rotatable bonds is 7. The van der Waals surface area contributed by atoms with E-state index in [0.29, 0.717) is 21.3 Å². The molecular formula is C25H21FN2O2S. The molecule has 0 saturated heterocycles. The van der Waals surface area contributed by atoms with Gasteiger partial charge in [-0.1, -0.05) is 48.5 Å². The number of amides is 1. The van der Waals surface area contributed by atoms with Crippen LogP contribution in [0.4, 0.5) is 10.1 Å². The standard InChI is InChI=1S/C25H21FN2O2S/c1-17-24(31-23(27-17)16-30-21-13-11-20(26)12-14-21)25(29)28-22-10-6-5-9-19(22)15-18-7-3-2-4-8-18/h2-14H,15-16H2,1H3,(H,28,29). The highest BCUT2D eigenvalue weighted by Gasteiger charge is 2.17. The van der Waals surface area contributed by atoms with Gasteiger partial charge in [0, 0.05) is 5.69 Å². The molecular weight excluding hydrogens is 411 g/mol. The monoisotopic (exact) mass is 432 g/mol. The average Bonchev–Trinajstić information content (AvgIpc) is 3.16. The minimum Gasteiger partial charge on any atom is -0.486 e. The Balaban J connectivity index is 1.45. The number of anilines is 1. The second kappa shape index (κ2) is 9.53. The first-order valence-electron chi connectivity index (χ1n) is 9.86. The largest absolute Gasteiger partial charge is 0.486 e. The zero-order valence-corrected chi connectivity index (χ0v) is 17.8. The summed E-state index contributed by atoms with van der Waals surface area (Å²) in [4.78, 5) is 17.9. The maximum atomic E-state index is 13.0. The molecule has 31 heavy (non-hydrogen) atoms. The normalized spacial score (nSPS) is 10.6. The van der Waals surface area contributed by atoms with Crippen LogP contribution < -0.4 is 10.1 Å². The first-order chi connectivity index (χ1) is 15.1. The van der Waals surface area contributed by atoms with E-state index >= 15 is 0 Å². The molecule has 0 saturated carbocycles. The molecule has 4 nitrogen and oxygen atoms in total. The molecule has 4 rings (SSSR count). The Kier molecular flexibility index (Phi) is 6.38. The molecule has 1 amide bonds. The van der Waals surface area contributed by atoms with Crippen LogP contribution in [0, 0.1) is 12.7 Å². The van der Waals surface area contributed by atoms with Crippen LogP contribution in [-0.4, -0.2) is 10.9 Å². The fourth-order valence-corrected chi connectivity index (χ4v) is 4.06. The van der Waals surface area contributed by atoms with Crippen LogP contribution in [0.25, 0.3) is 0 Å². The molecule has 4 aromatic rings. The van der Waals surface area contributed by atoms with Crippen LogP contribution in [0.1, 0.15) is 31.5 Å². The second-order valence-electron chi connectivity index (χ2n) is 7.04. The van der Waals surface area contributed by atoms with Gasteiger partial charge >= 0.3 is 0 Å². The van der Waals surface area contributed by atoms with Crippen LogP contribution in [0.15, 0.2) is 78.9 Å². The Bertz CT molecular complexity index is 1170. The quantitative estimate of drug-likeness (QED) is 0.389. The highest BCUT2D eigenvalue weighted by Crippen LogP contribution is 2.24. The summed E-state index contributed by atoms with van der Waals surface area (Å²) in [5.41, 5.74) is 3.66. The number of ether oxygens (including phenoxy) is 1. The van der Waals surface area contributed by atoms with Crippen molar-refractivity contribution in [3.8, 4) is 5.75 Å². The number of para-hydroxylation sites is 1. The van der Waals surface area contributed by atoms with E-state index in [1.807, 2.05) is 49.4 Å². The van der Waals surface area contributed by atoms with Gasteiger partial charge in [-0.3, -0.25) is 4.79 Å². The van der Waals surface area contributed by atoms with E-state index in [2.05, 4.69) is 22.4 Å². The number of carbonyl (C=O) groups excluding carboxylic acids is 1. The van der Waals surface area contributed by atoms with Gasteiger partial charge in [0.25, 0.3) is 5.91 Å². The molecule has 1 N–H and O–H groups in total. The predicted molar refractivity (Wildman–Crippen MR) is 121 cm³/mol. The van der Waals surface area contributed by atoms with Gasteiger partial charge in [0.2, 0.25) is 0 Å². The second-order valence-corrected chi connectivity index (χ2v) is 8.12. The van der Waals surface area contributed by atoms with E-state index in [1.54, 1.807) is 12.1 Å². The molecule has 0 fully saturated rings. The zero-order valence-electron chi connectivity index (χ0n) is 17.0. The molecule has 3 aromatic carbocycles. The van der Waals surface area contributed by atoms with E-state index in [4.69, 9.17) is 4.74 Å². The van der Waals surface area contributed by atoms with E-state index < -0.39 is 0 Å². The van der Waals surface area contributed by atoms with E-state index in [0.717, 1.165) is 17.7 Å². The topological polar surface area (TPSA) is 51.2 Å². The molecule has 0 bridgehead atoms. The van der Waals surface area contributed by atoms with Crippen molar-refractivity contribution in [3.05, 3.63) is 111 Å². The van der Waals surface area contributed by atoms with Gasteiger partial charge in [-0.25, -0.2) is 9.37 Å². The smallest absolute Gasteiger partial charge is 0.267 e. The number of carbonyl (C=O) groups is 1. The summed E-state index contributed by atoms with van der Waals surface area (Å²) in [6.45, 7) is 2.03. The van der Waals surface area contributed by atoms with Crippen LogP contribution >= 0.6 is 11.3 Å². The molecule has 0 aliphatic heterocycles. The van der Waals surface area contributed by atoms with Crippen molar-refractivity contribution >= 4 is 22.9 Å². The van der Waals surface area contributed by atoms with E-state index in [-0.39, 0.29) is 18.3 Å². The first kappa shape index (κ1) is 20.8. The summed E-state index contributed by atoms with van der Waals surface area (Å²) in [6, 6.07) is 23.7. The molecule has 0 atom stereocenters. The molecule has 0 unspecified atom stereocenters. The number of hydrogen-bond acceptors (Lipinski definition) is 4. The summed E-state index contributed by atoms with van der Waals surface area (Å²) < 4.78 is 18.7. The molecule has 1 heterocycles. The number of thiazole rings is 1. The third-order valence-corrected chi connectivity index (χ3v) is 5.86. The molecule has 6 heteroatoms. The van der Waals surface area contributed by atoms with Gasteiger partial charge in [0.05, 0.1) is 5.69 Å². The third-order valence-electron chi connectivity index (χ3n) is 4.73. The number of benzene rings is 3. The van der Waals surface area contributed by atoms with Crippen molar-refractivity contribution in [2.24, 2.45) is 0 Å². The molecule has 0 spiro atoms. The maximum absolute atomic E-state index is 13.0. The number of halogens is 1. The Morgan fingerprint density at radius 3 is 2.48 bits per heavy atom. The lowest BCUT2D eigenvalue weighted by Gasteiger charge is -2.11. The van der Waals surface area contributed by atoms with Crippen molar-refractivity contribution in [1.29, 1.82) is 0 Å². The molecule has 0 aliphatic rings. The Morgan fingerprint density at radius 2 is 1.71 bits per heavy atom. The van der Waals surface area contributed by atoms with Gasteiger partial charge in [0.15, 0.2) is 0 Å². The number of aryl methyl sites for hydroxylation is 1. The number of aromatic nitrogens is 1. The van der Waals surface area contributed by atoms with Gasteiger partial charge in [-0.15, -0.1) is 11.3 Å². The number of nitrogens with one attached hydrogen (secondary N) is 1. The summed E-state index contributed by atoms with van der Waals surface area (Å²) >= 11 is 1.30. The van der Waals surface area contributed by atoms with E-state index in [9.17, 15) is 9.18 Å². The van der Waals surface area contributed by atoms with Gasteiger partial charge in [-0.05, 0) is 54.8 Å². The van der Waals surface area contributed by atoms with Crippen molar-refractivity contribution in [2.45, 2.75) is 20.0 Å². The summed E-state index contributed by atoms with van der Waals surface area (Å²) in [7, 11) is 0. The first-order valence-corrected chi connectivity index (χ1v) is 10.7. The van der Waals surface area contributed by atoms with Gasteiger partial charge in [-0.2, -0.15) is 0 Å². The zero-order chi connectivity index (χ0) is 21.6. The lowest BCUT2D eigenvalue weighted by Crippen LogP contribution is -2.13. The molecule has 1 aromatic heterocycles. The van der Waals surface area contributed by atoms with Crippen molar-refractivity contribution < 1.29 is 13.9 Å². The highest BCUT2D eigenvalue weighted by atomic mass is 32.1. The molecule has 156 valence electrons. The number of hydrogen-bond donors (Lipinski definition) is 1. The SMILES string of the molecule is Cc1nc(COc2ccc(F)cc2)sc1C(=O)Nc1ccccc1Cc1ccccc1. The summed E-state index contributed by atoms with van der Waals surface area (Å²) in [5.74, 6) is 0.0441. The van der Waals surface area contributed by atoms with E-state index in [1.165, 1.54) is 29.0 Å². The predicted octanol–water partition coefficient (Wildman–Crippen LogP) is 6.01. The lowest BCUT2D eigenvalue weighted by molar-refractivity contribution is 0.102. The lowest BCUT2D eigenvalue weighted by atomic mass is 10.0. The third kappa shape index (κ3) is 5.35. The average molecular weight is 433 g/mol. The van der Waals surface area contributed by atoms with Crippen molar-refractivity contribution in [1.82, 2.24) is 4.98 Å². The fraction of sp³-hybridized carbons (Fsp3) is 0.120. The molecule has 0 radical (unpaired) electrons. The highest BCUT2D eigenvalue weighted by molar-refractivity contribution is 7.13. The van der Waals surface area contributed by atoms with Crippen LogP contribution in [0.3, 0.4) is 0 Å². The van der Waals surface area contributed by atoms with Crippen LogP contribution in [-0.2, 0) is 13.0 Å². The Hall–Kier alpha value is -3.51. The van der Waals surface area contributed by atoms with Gasteiger partial charge < -0.3 is 10.1 Å². The van der Waals surface area contributed by atoms with Crippen molar-refractivity contribution in [3.63, 3.8) is 0 Å². The number of nitrogens with zero attached hydrogens (tertiary/aromatic N) is 1. The summed E-state index contributed by atoms with van der Waals surface area (Å²) in [5, 5.41) is 3.72. The van der Waals surface area contributed by atoms with Crippen molar-refractivity contribution in [2.75, 3.05) is 5.32 Å². The summed E-state index contributed by atoms with van der Waals surface area (Å²) in [6.07, 6.45) is 0.732. The fourth-order valence-electron chi connectivity index (χ4n) is 3.19. The minimum absolute atomic E-state index is 0.191. The van der Waals surface area contributed by atoms with Crippen LogP contribution in [0.5, 0.6) is 5.75 Å². The van der Waals surface area contributed by atoms with Gasteiger partial charge in [0.1, 0.15) is 28.1 Å².